The van der Waals surface area contributed by atoms with Gasteiger partial charge < -0.3 is 15.4 Å². The van der Waals surface area contributed by atoms with Gasteiger partial charge in [0.2, 0.25) is 0 Å². The molecule has 1 aliphatic rings. The molecule has 2 N–H and O–H groups in total. The van der Waals surface area contributed by atoms with Crippen molar-refractivity contribution in [3.05, 3.63) is 0 Å². The van der Waals surface area contributed by atoms with E-state index in [0.717, 1.165) is 38.8 Å². The second kappa shape index (κ2) is 6.58. The van der Waals surface area contributed by atoms with Gasteiger partial charge in [0.15, 0.2) is 0 Å². The Labute approximate surface area is 100 Å². The van der Waals surface area contributed by atoms with Crippen LogP contribution in [0.2, 0.25) is 0 Å². The lowest BCUT2D eigenvalue weighted by Gasteiger charge is -2.22. The smallest absolute Gasteiger partial charge is 0.0593 e. The molecule has 0 radical (unpaired) electrons. The van der Waals surface area contributed by atoms with E-state index in [-0.39, 0.29) is 0 Å². The summed E-state index contributed by atoms with van der Waals surface area (Å²) in [6.07, 6.45) is 2.40. The third-order valence-corrected chi connectivity index (χ3v) is 3.52. The van der Waals surface area contributed by atoms with Gasteiger partial charge in [0, 0.05) is 19.7 Å². The van der Waals surface area contributed by atoms with Gasteiger partial charge in [-0.05, 0) is 37.3 Å². The van der Waals surface area contributed by atoms with Crippen molar-refractivity contribution in [2.75, 3.05) is 39.4 Å². The molecule has 1 rings (SSSR count). The summed E-state index contributed by atoms with van der Waals surface area (Å²) in [5, 5.41) is 0. The molecule has 1 saturated heterocycles. The number of nitrogens with two attached hydrogens (primary N) is 1. The highest BCUT2D eigenvalue weighted by atomic mass is 16.5. The lowest BCUT2D eigenvalue weighted by molar-refractivity contribution is 0.0998. The van der Waals surface area contributed by atoms with E-state index >= 15 is 0 Å². The van der Waals surface area contributed by atoms with Crippen LogP contribution in [0.3, 0.4) is 0 Å². The zero-order valence-corrected chi connectivity index (χ0v) is 11.2. The van der Waals surface area contributed by atoms with Crippen molar-refractivity contribution < 1.29 is 4.74 Å². The average molecular weight is 228 g/mol. The Morgan fingerprint density at radius 1 is 1.38 bits per heavy atom. The van der Waals surface area contributed by atoms with Crippen molar-refractivity contribution in [1.82, 2.24) is 4.90 Å². The fourth-order valence-electron chi connectivity index (χ4n) is 2.10. The number of likely N-dealkylation sites (tertiary alicyclic amines) is 1. The van der Waals surface area contributed by atoms with Crippen LogP contribution in [0.1, 0.15) is 33.6 Å². The third-order valence-electron chi connectivity index (χ3n) is 3.52. The predicted octanol–water partition coefficient (Wildman–Crippen LogP) is 1.72. The molecule has 0 amide bonds. The Hall–Kier alpha value is -0.120. The van der Waals surface area contributed by atoms with E-state index in [2.05, 4.69) is 25.7 Å². The first-order valence-corrected chi connectivity index (χ1v) is 6.56. The average Bonchev–Trinajstić information content (AvgIpc) is 2.61. The fourth-order valence-corrected chi connectivity index (χ4v) is 2.10. The highest BCUT2D eigenvalue weighted by Gasteiger charge is 2.31. The SMILES string of the molecule is CC(C)CCOCCN1CCC(C)(CN)C1. The van der Waals surface area contributed by atoms with Crippen LogP contribution in [0.4, 0.5) is 0 Å². The van der Waals surface area contributed by atoms with Crippen LogP contribution >= 0.6 is 0 Å². The maximum atomic E-state index is 5.78. The molecular formula is C13H28N2O. The zero-order valence-electron chi connectivity index (χ0n) is 11.2. The number of ether oxygens (including phenoxy) is 1. The van der Waals surface area contributed by atoms with Gasteiger partial charge >= 0.3 is 0 Å². The van der Waals surface area contributed by atoms with Crippen LogP contribution in [-0.4, -0.2) is 44.3 Å². The topological polar surface area (TPSA) is 38.5 Å². The third kappa shape index (κ3) is 4.81. The molecule has 0 saturated carbocycles. The van der Waals surface area contributed by atoms with E-state index in [1.165, 1.54) is 19.4 Å². The molecule has 0 aromatic carbocycles. The molecule has 1 aliphatic heterocycles. The number of nitrogens with zero attached hydrogens (tertiary/aromatic N) is 1. The van der Waals surface area contributed by atoms with E-state index in [1.807, 2.05) is 0 Å². The van der Waals surface area contributed by atoms with Gasteiger partial charge in [-0.2, -0.15) is 0 Å². The molecule has 0 spiro atoms. The maximum Gasteiger partial charge on any atom is 0.0593 e. The molecule has 3 heteroatoms. The highest BCUT2D eigenvalue weighted by molar-refractivity contribution is 4.86. The first-order valence-electron chi connectivity index (χ1n) is 6.56. The Morgan fingerprint density at radius 2 is 2.12 bits per heavy atom. The van der Waals surface area contributed by atoms with Crippen molar-refractivity contribution in [2.24, 2.45) is 17.1 Å². The van der Waals surface area contributed by atoms with Crippen molar-refractivity contribution in [2.45, 2.75) is 33.6 Å². The Morgan fingerprint density at radius 3 is 2.69 bits per heavy atom. The molecule has 0 aromatic heterocycles. The van der Waals surface area contributed by atoms with Gasteiger partial charge in [-0.3, -0.25) is 0 Å². The number of hydrogen-bond acceptors (Lipinski definition) is 3. The molecule has 16 heavy (non-hydrogen) atoms. The molecule has 0 bridgehead atoms. The predicted molar refractivity (Wildman–Crippen MR) is 68.5 cm³/mol. The summed E-state index contributed by atoms with van der Waals surface area (Å²) in [4.78, 5) is 2.47. The Bertz CT molecular complexity index is 196. The van der Waals surface area contributed by atoms with Crippen LogP contribution in [0, 0.1) is 11.3 Å². The molecule has 1 atom stereocenters. The molecular weight excluding hydrogens is 200 g/mol. The summed E-state index contributed by atoms with van der Waals surface area (Å²) in [5.74, 6) is 0.743. The first-order chi connectivity index (χ1) is 7.56. The first kappa shape index (κ1) is 13.9. The van der Waals surface area contributed by atoms with E-state index in [9.17, 15) is 0 Å². The summed E-state index contributed by atoms with van der Waals surface area (Å²) in [5.41, 5.74) is 6.13. The van der Waals surface area contributed by atoms with Crippen molar-refractivity contribution in [1.29, 1.82) is 0 Å². The summed E-state index contributed by atoms with van der Waals surface area (Å²) < 4.78 is 5.64. The minimum Gasteiger partial charge on any atom is -0.380 e. The highest BCUT2D eigenvalue weighted by Crippen LogP contribution is 2.27. The lowest BCUT2D eigenvalue weighted by Crippen LogP contribution is -2.32. The van der Waals surface area contributed by atoms with Crippen LogP contribution in [0.25, 0.3) is 0 Å². The lowest BCUT2D eigenvalue weighted by atomic mass is 9.90. The second-order valence-electron chi connectivity index (χ2n) is 5.84. The molecule has 0 aliphatic carbocycles. The minimum absolute atomic E-state index is 0.345. The molecule has 1 unspecified atom stereocenters. The molecule has 96 valence electrons. The van der Waals surface area contributed by atoms with Crippen molar-refractivity contribution in [3.8, 4) is 0 Å². The van der Waals surface area contributed by atoms with Gasteiger partial charge in [-0.15, -0.1) is 0 Å². The van der Waals surface area contributed by atoms with Crippen LogP contribution in [-0.2, 0) is 4.74 Å². The largest absolute Gasteiger partial charge is 0.380 e. The van der Waals surface area contributed by atoms with E-state index in [4.69, 9.17) is 10.5 Å². The number of hydrogen-bond donors (Lipinski definition) is 1. The number of rotatable bonds is 7. The Balaban J connectivity index is 2.03. The summed E-state index contributed by atoms with van der Waals surface area (Å²) >= 11 is 0. The zero-order chi connectivity index (χ0) is 12.0. The van der Waals surface area contributed by atoms with Crippen LogP contribution < -0.4 is 5.73 Å². The van der Waals surface area contributed by atoms with Gasteiger partial charge in [-0.1, -0.05) is 20.8 Å². The van der Waals surface area contributed by atoms with E-state index in [0.29, 0.717) is 5.41 Å². The normalized spacial score (nSPS) is 26.8. The van der Waals surface area contributed by atoms with Gasteiger partial charge in [0.1, 0.15) is 0 Å². The molecule has 1 heterocycles. The van der Waals surface area contributed by atoms with Crippen molar-refractivity contribution >= 4 is 0 Å². The van der Waals surface area contributed by atoms with Crippen LogP contribution in [0.5, 0.6) is 0 Å². The summed E-state index contributed by atoms with van der Waals surface area (Å²) in [6, 6.07) is 0. The quantitative estimate of drug-likeness (QED) is 0.674. The molecule has 0 aromatic rings. The Kier molecular flexibility index (Phi) is 5.73. The minimum atomic E-state index is 0.345. The molecule has 3 nitrogen and oxygen atoms in total. The van der Waals surface area contributed by atoms with Gasteiger partial charge in [-0.25, -0.2) is 0 Å². The summed E-state index contributed by atoms with van der Waals surface area (Å²) in [6.45, 7) is 12.7. The molecule has 1 fully saturated rings. The second-order valence-corrected chi connectivity index (χ2v) is 5.84. The van der Waals surface area contributed by atoms with E-state index < -0.39 is 0 Å². The van der Waals surface area contributed by atoms with Crippen LogP contribution in [0.15, 0.2) is 0 Å². The monoisotopic (exact) mass is 228 g/mol. The van der Waals surface area contributed by atoms with Crippen molar-refractivity contribution in [3.63, 3.8) is 0 Å². The maximum absolute atomic E-state index is 5.78. The standard InChI is InChI=1S/C13H28N2O/c1-12(2)4-8-16-9-7-15-6-5-13(3,10-14)11-15/h12H,4-11,14H2,1-3H3. The van der Waals surface area contributed by atoms with E-state index in [1.54, 1.807) is 0 Å². The van der Waals surface area contributed by atoms with Gasteiger partial charge in [0.05, 0.1) is 6.61 Å². The fraction of sp³-hybridized carbons (Fsp3) is 1.00. The van der Waals surface area contributed by atoms with Gasteiger partial charge in [0.25, 0.3) is 0 Å². The summed E-state index contributed by atoms with van der Waals surface area (Å²) in [7, 11) is 0.